The predicted molar refractivity (Wildman–Crippen MR) is 63.3 cm³/mol. The van der Waals surface area contributed by atoms with E-state index in [1.54, 1.807) is 0 Å². The van der Waals surface area contributed by atoms with Crippen molar-refractivity contribution >= 4 is 11.6 Å². The van der Waals surface area contributed by atoms with Crippen LogP contribution in [0.25, 0.3) is 0 Å². The van der Waals surface area contributed by atoms with Crippen molar-refractivity contribution in [2.24, 2.45) is 11.1 Å². The maximum atomic E-state index is 13.0. The van der Waals surface area contributed by atoms with Crippen LogP contribution >= 0.6 is 11.6 Å². The van der Waals surface area contributed by atoms with Gasteiger partial charge >= 0.3 is 0 Å². The number of benzene rings is 1. The Labute approximate surface area is 104 Å². The second-order valence-electron chi connectivity index (χ2n) is 4.44. The minimum absolute atomic E-state index is 0.220. The van der Waals surface area contributed by atoms with Gasteiger partial charge in [0.15, 0.2) is 0 Å². The summed E-state index contributed by atoms with van der Waals surface area (Å²) in [6.45, 7) is 1.29. The van der Waals surface area contributed by atoms with Crippen LogP contribution in [0.1, 0.15) is 18.1 Å². The molecule has 1 aromatic rings. The Morgan fingerprint density at radius 2 is 2.35 bits per heavy atom. The Morgan fingerprint density at radius 1 is 1.59 bits per heavy atom. The van der Waals surface area contributed by atoms with E-state index in [0.29, 0.717) is 31.7 Å². The number of rotatable bonds is 3. The standard InChI is InChI=1S/C12H15ClFNO2/c13-10-5-8(14)1-2-9(10)11(16)12(6-15)3-4-17-7-12/h1-2,5,11,16H,3-4,6-7,15H2. The average molecular weight is 260 g/mol. The van der Waals surface area contributed by atoms with Crippen molar-refractivity contribution in [2.75, 3.05) is 19.8 Å². The first kappa shape index (κ1) is 12.8. The highest BCUT2D eigenvalue weighted by molar-refractivity contribution is 6.31. The molecule has 3 nitrogen and oxygen atoms in total. The largest absolute Gasteiger partial charge is 0.388 e. The lowest BCUT2D eigenvalue weighted by molar-refractivity contribution is 0.0191. The summed E-state index contributed by atoms with van der Waals surface area (Å²) in [4.78, 5) is 0. The van der Waals surface area contributed by atoms with E-state index in [-0.39, 0.29) is 5.02 Å². The summed E-state index contributed by atoms with van der Waals surface area (Å²) in [6, 6.07) is 3.97. The van der Waals surface area contributed by atoms with Gasteiger partial charge in [-0.3, -0.25) is 0 Å². The van der Waals surface area contributed by atoms with Crippen LogP contribution in [-0.2, 0) is 4.74 Å². The molecule has 94 valence electrons. The summed E-state index contributed by atoms with van der Waals surface area (Å²) in [6.07, 6.45) is -0.152. The molecule has 0 amide bonds. The molecular weight excluding hydrogens is 245 g/mol. The maximum Gasteiger partial charge on any atom is 0.124 e. The minimum Gasteiger partial charge on any atom is -0.388 e. The highest BCUT2D eigenvalue weighted by atomic mass is 35.5. The van der Waals surface area contributed by atoms with Gasteiger partial charge in [-0.2, -0.15) is 0 Å². The Balaban J connectivity index is 2.32. The van der Waals surface area contributed by atoms with Crippen LogP contribution in [0.4, 0.5) is 4.39 Å². The molecule has 2 atom stereocenters. The number of ether oxygens (including phenoxy) is 1. The predicted octanol–water partition coefficient (Wildman–Crippen LogP) is 1.88. The molecule has 2 unspecified atom stereocenters. The summed E-state index contributed by atoms with van der Waals surface area (Å²) in [5.41, 5.74) is 5.72. The van der Waals surface area contributed by atoms with Gasteiger partial charge in [0.2, 0.25) is 0 Å². The van der Waals surface area contributed by atoms with Crippen molar-refractivity contribution < 1.29 is 14.2 Å². The van der Waals surface area contributed by atoms with Crippen molar-refractivity contribution in [2.45, 2.75) is 12.5 Å². The van der Waals surface area contributed by atoms with Gasteiger partial charge in [0.05, 0.1) is 12.7 Å². The average Bonchev–Trinajstić information content (AvgIpc) is 2.78. The molecular formula is C12H15ClFNO2. The second-order valence-corrected chi connectivity index (χ2v) is 4.84. The van der Waals surface area contributed by atoms with Crippen molar-refractivity contribution in [3.63, 3.8) is 0 Å². The zero-order valence-corrected chi connectivity index (χ0v) is 10.1. The van der Waals surface area contributed by atoms with Gasteiger partial charge < -0.3 is 15.6 Å². The molecule has 17 heavy (non-hydrogen) atoms. The van der Waals surface area contributed by atoms with Crippen LogP contribution in [0.2, 0.25) is 5.02 Å². The van der Waals surface area contributed by atoms with Crippen LogP contribution in [0.5, 0.6) is 0 Å². The summed E-state index contributed by atoms with van der Waals surface area (Å²) in [7, 11) is 0. The van der Waals surface area contributed by atoms with Gasteiger partial charge in [-0.15, -0.1) is 0 Å². The third-order valence-electron chi connectivity index (χ3n) is 3.38. The first-order chi connectivity index (χ1) is 8.09. The third kappa shape index (κ3) is 2.31. The zero-order valence-electron chi connectivity index (χ0n) is 9.33. The smallest absolute Gasteiger partial charge is 0.124 e. The lowest BCUT2D eigenvalue weighted by Gasteiger charge is -2.32. The molecule has 1 aliphatic heterocycles. The second kappa shape index (κ2) is 4.90. The number of hydrogen-bond acceptors (Lipinski definition) is 3. The van der Waals surface area contributed by atoms with Crippen molar-refractivity contribution in [1.82, 2.24) is 0 Å². The van der Waals surface area contributed by atoms with Crippen molar-refractivity contribution in [3.05, 3.63) is 34.6 Å². The Morgan fingerprint density at radius 3 is 2.88 bits per heavy atom. The fourth-order valence-electron chi connectivity index (χ4n) is 2.16. The quantitative estimate of drug-likeness (QED) is 0.871. The molecule has 3 N–H and O–H groups in total. The van der Waals surface area contributed by atoms with Gasteiger partial charge in [0, 0.05) is 23.6 Å². The van der Waals surface area contributed by atoms with E-state index in [1.807, 2.05) is 0 Å². The number of aliphatic hydroxyl groups is 1. The highest BCUT2D eigenvalue weighted by Gasteiger charge is 2.42. The van der Waals surface area contributed by atoms with Gasteiger partial charge in [-0.05, 0) is 24.1 Å². The lowest BCUT2D eigenvalue weighted by atomic mass is 9.78. The minimum atomic E-state index is -0.830. The molecule has 0 radical (unpaired) electrons. The first-order valence-electron chi connectivity index (χ1n) is 5.50. The molecule has 5 heteroatoms. The molecule has 1 aliphatic rings. The fraction of sp³-hybridized carbons (Fsp3) is 0.500. The molecule has 0 bridgehead atoms. The van der Waals surface area contributed by atoms with E-state index in [0.717, 1.165) is 0 Å². The number of hydrogen-bond donors (Lipinski definition) is 2. The maximum absolute atomic E-state index is 13.0. The van der Waals surface area contributed by atoms with Crippen LogP contribution in [-0.4, -0.2) is 24.9 Å². The molecule has 1 saturated heterocycles. The monoisotopic (exact) mass is 259 g/mol. The molecule has 1 aromatic carbocycles. The summed E-state index contributed by atoms with van der Waals surface area (Å²) < 4.78 is 18.3. The summed E-state index contributed by atoms with van der Waals surface area (Å²) in [5, 5.41) is 10.6. The van der Waals surface area contributed by atoms with Gasteiger partial charge in [0.25, 0.3) is 0 Å². The van der Waals surface area contributed by atoms with Gasteiger partial charge in [-0.25, -0.2) is 4.39 Å². The van der Waals surface area contributed by atoms with E-state index < -0.39 is 17.3 Å². The molecule has 0 aliphatic carbocycles. The van der Waals surface area contributed by atoms with E-state index in [1.165, 1.54) is 18.2 Å². The van der Waals surface area contributed by atoms with E-state index >= 15 is 0 Å². The van der Waals surface area contributed by atoms with E-state index in [9.17, 15) is 9.50 Å². The SMILES string of the molecule is NCC1(C(O)c2ccc(F)cc2Cl)CCOC1. The zero-order chi connectivity index (χ0) is 12.5. The molecule has 1 fully saturated rings. The highest BCUT2D eigenvalue weighted by Crippen LogP contribution is 2.42. The van der Waals surface area contributed by atoms with Gasteiger partial charge in [0.1, 0.15) is 5.82 Å². The Hall–Kier alpha value is -0.680. The molecule has 1 heterocycles. The van der Waals surface area contributed by atoms with E-state index in [4.69, 9.17) is 22.1 Å². The van der Waals surface area contributed by atoms with E-state index in [2.05, 4.69) is 0 Å². The summed E-state index contributed by atoms with van der Waals surface area (Å²) >= 11 is 5.94. The third-order valence-corrected chi connectivity index (χ3v) is 3.70. The van der Waals surface area contributed by atoms with Gasteiger partial charge in [-0.1, -0.05) is 17.7 Å². The molecule has 0 saturated carbocycles. The molecule has 2 rings (SSSR count). The number of nitrogens with two attached hydrogens (primary N) is 1. The van der Waals surface area contributed by atoms with Crippen LogP contribution < -0.4 is 5.73 Å². The Bertz CT molecular complexity index is 407. The lowest BCUT2D eigenvalue weighted by Crippen LogP contribution is -2.37. The number of halogens is 2. The first-order valence-corrected chi connectivity index (χ1v) is 5.88. The number of aliphatic hydroxyl groups excluding tert-OH is 1. The normalized spacial score (nSPS) is 26.1. The van der Waals surface area contributed by atoms with Crippen LogP contribution in [0.15, 0.2) is 18.2 Å². The molecule has 0 spiro atoms. The summed E-state index contributed by atoms with van der Waals surface area (Å²) in [5.74, 6) is -0.421. The van der Waals surface area contributed by atoms with Crippen LogP contribution in [0, 0.1) is 11.2 Å². The van der Waals surface area contributed by atoms with Crippen molar-refractivity contribution in [3.8, 4) is 0 Å². The topological polar surface area (TPSA) is 55.5 Å². The fourth-order valence-corrected chi connectivity index (χ4v) is 2.44. The van der Waals surface area contributed by atoms with Crippen molar-refractivity contribution in [1.29, 1.82) is 0 Å². The van der Waals surface area contributed by atoms with Crippen LogP contribution in [0.3, 0.4) is 0 Å². The Kier molecular flexibility index (Phi) is 3.68. The molecule has 0 aromatic heterocycles.